The van der Waals surface area contributed by atoms with Crippen molar-refractivity contribution in [3.63, 3.8) is 0 Å². The molecule has 0 aliphatic carbocycles. The monoisotopic (exact) mass is 332 g/mol. The lowest BCUT2D eigenvalue weighted by Gasteiger charge is -2.20. The molecule has 0 spiro atoms. The highest BCUT2D eigenvalue weighted by Crippen LogP contribution is 2.13. The van der Waals surface area contributed by atoms with E-state index in [4.69, 9.17) is 5.73 Å². The number of nitrogens with one attached hydrogen (secondary N) is 1. The summed E-state index contributed by atoms with van der Waals surface area (Å²) in [5.74, 6) is -0.00575. The topological polar surface area (TPSA) is 71.2 Å². The first kappa shape index (κ1) is 17.6. The van der Waals surface area contributed by atoms with Crippen LogP contribution in [0.5, 0.6) is 0 Å². The molecule has 0 atom stereocenters. The van der Waals surface area contributed by atoms with Crippen LogP contribution in [0.4, 0.5) is 0 Å². The molecule has 0 fully saturated rings. The molecule has 0 saturated heterocycles. The highest BCUT2D eigenvalue weighted by atomic mass is 32.1. The zero-order valence-corrected chi connectivity index (χ0v) is 14.3. The molecule has 0 saturated carbocycles. The van der Waals surface area contributed by atoms with Crippen LogP contribution in [0.3, 0.4) is 0 Å². The van der Waals surface area contributed by atoms with Crippen molar-refractivity contribution >= 4 is 17.2 Å². The van der Waals surface area contributed by atoms with Crippen molar-refractivity contribution < 1.29 is 4.79 Å². The van der Waals surface area contributed by atoms with Crippen molar-refractivity contribution in [3.8, 4) is 0 Å². The summed E-state index contributed by atoms with van der Waals surface area (Å²) in [6.07, 6.45) is 1.35. The van der Waals surface area contributed by atoms with Crippen LogP contribution in [0.25, 0.3) is 0 Å². The van der Waals surface area contributed by atoms with E-state index in [2.05, 4.69) is 39.5 Å². The summed E-state index contributed by atoms with van der Waals surface area (Å²) in [4.78, 5) is 18.3. The number of aromatic nitrogens is 1. The van der Waals surface area contributed by atoms with E-state index >= 15 is 0 Å². The van der Waals surface area contributed by atoms with Crippen LogP contribution in [-0.4, -0.2) is 42.5 Å². The van der Waals surface area contributed by atoms with Crippen LogP contribution < -0.4 is 11.1 Å². The highest BCUT2D eigenvalue weighted by molar-refractivity contribution is 7.09. The third-order valence-corrected chi connectivity index (χ3v) is 4.48. The van der Waals surface area contributed by atoms with E-state index in [1.165, 1.54) is 16.9 Å². The molecule has 1 aromatic heterocycles. The maximum atomic E-state index is 11.4. The molecule has 0 radical (unpaired) electrons. The van der Waals surface area contributed by atoms with Gasteiger partial charge in [-0.2, -0.15) is 0 Å². The molecule has 1 aromatic carbocycles. The zero-order chi connectivity index (χ0) is 16.5. The molecular formula is C17H24N4OS. The Morgan fingerprint density at radius 2 is 2.09 bits per heavy atom. The van der Waals surface area contributed by atoms with Crippen LogP contribution in [0.2, 0.25) is 0 Å². The fourth-order valence-electron chi connectivity index (χ4n) is 2.34. The first-order chi connectivity index (χ1) is 11.2. The van der Waals surface area contributed by atoms with Crippen molar-refractivity contribution in [2.75, 3.05) is 26.7 Å². The number of benzene rings is 1. The van der Waals surface area contributed by atoms with Gasteiger partial charge in [-0.05, 0) is 12.0 Å². The molecule has 23 heavy (non-hydrogen) atoms. The number of nitrogens with two attached hydrogens (primary N) is 1. The summed E-state index contributed by atoms with van der Waals surface area (Å²) >= 11 is 1.54. The smallest absolute Gasteiger partial charge is 0.226 e. The maximum absolute atomic E-state index is 11.4. The molecule has 3 N–H and O–H groups in total. The lowest BCUT2D eigenvalue weighted by Crippen LogP contribution is -2.31. The molecule has 6 heteroatoms. The Bertz CT molecular complexity index is 600. The van der Waals surface area contributed by atoms with Crippen molar-refractivity contribution in [3.05, 3.63) is 52.0 Å². The largest absolute Gasteiger partial charge is 0.359 e. The Morgan fingerprint density at radius 3 is 2.78 bits per heavy atom. The molecule has 5 nitrogen and oxygen atoms in total. The van der Waals surface area contributed by atoms with Gasteiger partial charge in [0.05, 0.1) is 12.1 Å². The lowest BCUT2D eigenvalue weighted by atomic mass is 10.1. The zero-order valence-electron chi connectivity index (χ0n) is 13.5. The minimum absolute atomic E-state index is 0.00575. The fraction of sp³-hybridized carbons (Fsp3) is 0.412. The Morgan fingerprint density at radius 1 is 1.30 bits per heavy atom. The van der Waals surface area contributed by atoms with E-state index < -0.39 is 0 Å². The lowest BCUT2D eigenvalue weighted by molar-refractivity contribution is -0.119. The third kappa shape index (κ3) is 6.09. The van der Waals surface area contributed by atoms with Gasteiger partial charge in [0, 0.05) is 38.6 Å². The van der Waals surface area contributed by atoms with Gasteiger partial charge in [0.15, 0.2) is 0 Å². The van der Waals surface area contributed by atoms with Gasteiger partial charge in [-0.3, -0.25) is 9.69 Å². The van der Waals surface area contributed by atoms with Crippen molar-refractivity contribution in [1.29, 1.82) is 0 Å². The molecule has 1 heterocycles. The van der Waals surface area contributed by atoms with E-state index in [0.717, 1.165) is 36.8 Å². The Labute approximate surface area is 141 Å². The van der Waals surface area contributed by atoms with Crippen LogP contribution in [0.1, 0.15) is 16.3 Å². The number of rotatable bonds is 9. The average Bonchev–Trinajstić information content (AvgIpc) is 3.00. The van der Waals surface area contributed by atoms with E-state index in [-0.39, 0.29) is 5.91 Å². The molecule has 124 valence electrons. The summed E-state index contributed by atoms with van der Waals surface area (Å²) in [6, 6.07) is 10.4. The summed E-state index contributed by atoms with van der Waals surface area (Å²) in [6.45, 7) is 3.19. The van der Waals surface area contributed by atoms with Crippen LogP contribution >= 0.6 is 11.3 Å². The standard InChI is InChI=1S/C17H24N4OS/c1-19-16(22)11-17-20-15(13-23-17)12-21(10-8-18)9-7-14-5-3-2-4-6-14/h2-6,13H,7-12,18H2,1H3,(H,19,22). The minimum atomic E-state index is -0.00575. The van der Waals surface area contributed by atoms with Crippen LogP contribution in [0.15, 0.2) is 35.7 Å². The van der Waals surface area contributed by atoms with E-state index in [1.54, 1.807) is 7.05 Å². The number of nitrogens with zero attached hydrogens (tertiary/aromatic N) is 2. The second-order valence-corrected chi connectivity index (χ2v) is 6.33. The van der Waals surface area contributed by atoms with Gasteiger partial charge in [0.25, 0.3) is 0 Å². The average molecular weight is 332 g/mol. The Hall–Kier alpha value is -1.76. The van der Waals surface area contributed by atoms with Gasteiger partial charge in [0.1, 0.15) is 5.01 Å². The van der Waals surface area contributed by atoms with Gasteiger partial charge < -0.3 is 11.1 Å². The van der Waals surface area contributed by atoms with Gasteiger partial charge >= 0.3 is 0 Å². The fourth-order valence-corrected chi connectivity index (χ4v) is 3.13. The Kier molecular flexibility index (Phi) is 7.19. The van der Waals surface area contributed by atoms with E-state index in [1.807, 2.05) is 11.4 Å². The Balaban J connectivity index is 1.89. The second-order valence-electron chi connectivity index (χ2n) is 5.38. The molecule has 2 rings (SSSR count). The summed E-state index contributed by atoms with van der Waals surface area (Å²) in [5.41, 5.74) is 8.07. The van der Waals surface area contributed by atoms with Gasteiger partial charge in [0.2, 0.25) is 5.91 Å². The molecule has 0 unspecified atom stereocenters. The first-order valence-electron chi connectivity index (χ1n) is 7.81. The number of thiazole rings is 1. The molecule has 0 aliphatic heterocycles. The van der Waals surface area contributed by atoms with Crippen LogP contribution in [-0.2, 0) is 24.2 Å². The molecule has 1 amide bonds. The minimum Gasteiger partial charge on any atom is -0.359 e. The maximum Gasteiger partial charge on any atom is 0.226 e. The number of hydrogen-bond donors (Lipinski definition) is 2. The SMILES string of the molecule is CNC(=O)Cc1nc(CN(CCN)CCc2ccccc2)cs1. The number of amides is 1. The molecular weight excluding hydrogens is 308 g/mol. The number of carbonyl (C=O) groups is 1. The normalized spacial score (nSPS) is 10.9. The van der Waals surface area contributed by atoms with Gasteiger partial charge in [-0.15, -0.1) is 11.3 Å². The number of likely N-dealkylation sites (N-methyl/N-ethyl adjacent to an activating group) is 1. The number of carbonyl (C=O) groups excluding carboxylic acids is 1. The summed E-state index contributed by atoms with van der Waals surface area (Å²) in [7, 11) is 1.64. The predicted molar refractivity (Wildman–Crippen MR) is 94.4 cm³/mol. The van der Waals surface area contributed by atoms with Crippen LogP contribution in [0, 0.1) is 0 Å². The third-order valence-electron chi connectivity index (χ3n) is 3.58. The molecule has 2 aromatic rings. The highest BCUT2D eigenvalue weighted by Gasteiger charge is 2.10. The van der Waals surface area contributed by atoms with Gasteiger partial charge in [-0.1, -0.05) is 30.3 Å². The predicted octanol–water partition coefficient (Wildman–Crippen LogP) is 1.44. The van der Waals surface area contributed by atoms with Crippen molar-refractivity contribution in [2.24, 2.45) is 5.73 Å². The quantitative estimate of drug-likeness (QED) is 0.729. The molecule has 0 aliphatic rings. The van der Waals surface area contributed by atoms with Gasteiger partial charge in [-0.25, -0.2) is 4.98 Å². The van der Waals surface area contributed by atoms with E-state index in [0.29, 0.717) is 13.0 Å². The second kappa shape index (κ2) is 9.39. The molecule has 0 bridgehead atoms. The first-order valence-corrected chi connectivity index (χ1v) is 8.69. The summed E-state index contributed by atoms with van der Waals surface area (Å²) in [5, 5.41) is 5.51. The van der Waals surface area contributed by atoms with E-state index in [9.17, 15) is 4.79 Å². The number of hydrogen-bond acceptors (Lipinski definition) is 5. The van der Waals surface area contributed by atoms with Crippen molar-refractivity contribution in [1.82, 2.24) is 15.2 Å². The van der Waals surface area contributed by atoms with Crippen molar-refractivity contribution in [2.45, 2.75) is 19.4 Å². The summed E-state index contributed by atoms with van der Waals surface area (Å²) < 4.78 is 0.